The molecule has 0 heterocycles. The number of hydrogen-bond donors (Lipinski definition) is 0. The molecule has 0 rings (SSSR count). The predicted molar refractivity (Wildman–Crippen MR) is 25.2 cm³/mol. The van der Waals surface area contributed by atoms with Crippen LogP contribution in [-0.2, 0) is 11.0 Å². The van der Waals surface area contributed by atoms with Gasteiger partial charge in [0.1, 0.15) is 5.75 Å². The van der Waals surface area contributed by atoms with Gasteiger partial charge in [0.05, 0.1) is 11.0 Å². The molecule has 0 spiro atoms. The van der Waals surface area contributed by atoms with E-state index in [1.807, 2.05) is 6.92 Å². The summed E-state index contributed by atoms with van der Waals surface area (Å²) >= 11 is 0. The van der Waals surface area contributed by atoms with Crippen LogP contribution < -0.4 is 12.4 Å². The van der Waals surface area contributed by atoms with Crippen LogP contribution in [0.5, 0.6) is 0 Å². The molecule has 0 N–H and O–H groups in total. The molecule has 0 amide bonds. The Balaban J connectivity index is 0. The molecule has 34 valence electrons. The Hall–Kier alpha value is 0.930. The highest BCUT2D eigenvalue weighted by Crippen LogP contribution is 1.73. The van der Waals surface area contributed by atoms with E-state index in [2.05, 4.69) is 0 Å². The third-order valence-corrected chi connectivity index (χ3v) is 1.08. The third kappa shape index (κ3) is 11.4. The lowest BCUT2D eigenvalue weighted by Gasteiger charge is -1.52. The monoisotopic (exact) mass is 132 g/mol. The summed E-state index contributed by atoms with van der Waals surface area (Å²) < 4.78 is 0. The van der Waals surface area contributed by atoms with Gasteiger partial charge >= 0.3 is 0 Å². The number of thiol groups is 1. The molecule has 5 heavy (non-hydrogen) atoms. The minimum atomic E-state index is 0. The minimum absolute atomic E-state index is 0. The van der Waals surface area contributed by atoms with E-state index in [1.54, 1.807) is 0 Å². The molecular formula is C2H6Cl2S. The Kier molecular flexibility index (Phi) is 16.6. The maximum absolute atomic E-state index is 5.16. The van der Waals surface area contributed by atoms with E-state index in [1.165, 1.54) is 0 Å². The number of hydrogen-bond acceptors (Lipinski definition) is 0. The Bertz CT molecular complexity index is 9.61. The smallest absolute Gasteiger partial charge is 0.173 e. The molecule has 0 aromatic heterocycles. The quantitative estimate of drug-likeness (QED) is 0.286. The summed E-state index contributed by atoms with van der Waals surface area (Å²) in [4.78, 5) is 0. The van der Waals surface area contributed by atoms with Crippen molar-refractivity contribution in [1.82, 2.24) is 0 Å². The van der Waals surface area contributed by atoms with Crippen molar-refractivity contribution >= 4 is 21.7 Å². The second-order valence-electron chi connectivity index (χ2n) is 0.436. The van der Waals surface area contributed by atoms with Gasteiger partial charge in [0.2, 0.25) is 0 Å². The summed E-state index contributed by atoms with van der Waals surface area (Å²) in [6.45, 7) is 2.04. The van der Waals surface area contributed by atoms with E-state index in [0.717, 1.165) is 16.7 Å². The van der Waals surface area contributed by atoms with Crippen LogP contribution in [0.1, 0.15) is 6.92 Å². The van der Waals surface area contributed by atoms with Gasteiger partial charge in [-0.1, -0.05) is 0 Å². The summed E-state index contributed by atoms with van der Waals surface area (Å²) in [7, 11) is 6.13. The zero-order valence-corrected chi connectivity index (χ0v) is 5.32. The van der Waals surface area contributed by atoms with E-state index in [9.17, 15) is 0 Å². The van der Waals surface area contributed by atoms with Crippen LogP contribution in [-0.4, -0.2) is 5.75 Å². The van der Waals surface area contributed by atoms with Gasteiger partial charge in [-0.05, 0) is 6.92 Å². The molecule has 0 fully saturated rings. The van der Waals surface area contributed by atoms with Crippen LogP contribution in [0, 0.1) is 0 Å². The Morgan fingerprint density at radius 3 is 2.00 bits per heavy atom. The van der Waals surface area contributed by atoms with Gasteiger partial charge in [0, 0.05) is 0 Å². The van der Waals surface area contributed by atoms with Crippen molar-refractivity contribution in [2.45, 2.75) is 6.92 Å². The standard InChI is InChI=1S/C2H5ClS.ClH/c1-2-4-3;/h2H2,1H3;1H. The summed E-state index contributed by atoms with van der Waals surface area (Å²) in [5, 5.41) is 0. The Labute approximate surface area is 47.2 Å². The van der Waals surface area contributed by atoms with Gasteiger partial charge in [-0.15, -0.1) is 0 Å². The van der Waals surface area contributed by atoms with Crippen LogP contribution in [0.3, 0.4) is 0 Å². The molecule has 0 radical (unpaired) electrons. The molecule has 0 atom stereocenters. The van der Waals surface area contributed by atoms with Crippen molar-refractivity contribution in [3.05, 3.63) is 0 Å². The molecule has 0 bridgehead atoms. The van der Waals surface area contributed by atoms with Crippen molar-refractivity contribution in [3.8, 4) is 0 Å². The zero-order valence-electron chi connectivity index (χ0n) is 2.91. The van der Waals surface area contributed by atoms with Crippen molar-refractivity contribution < 1.29 is 12.4 Å². The summed E-state index contributed by atoms with van der Waals surface area (Å²) in [5.41, 5.74) is 0. The fourth-order valence-electron chi connectivity index (χ4n) is 0. The summed E-state index contributed by atoms with van der Waals surface area (Å²) in [6.07, 6.45) is 0. The van der Waals surface area contributed by atoms with Crippen LogP contribution in [0.2, 0.25) is 0 Å². The predicted octanol–water partition coefficient (Wildman–Crippen LogP) is -2.02. The van der Waals surface area contributed by atoms with Gasteiger partial charge in [0.15, 0.2) is 10.7 Å². The first-order valence-electron chi connectivity index (χ1n) is 1.19. The van der Waals surface area contributed by atoms with Gasteiger partial charge in [-0.3, -0.25) is 0 Å². The molecule has 0 aliphatic rings. The highest BCUT2D eigenvalue weighted by Gasteiger charge is 1.72. The summed E-state index contributed by atoms with van der Waals surface area (Å²) in [6, 6.07) is 0. The maximum atomic E-state index is 5.16. The lowest BCUT2D eigenvalue weighted by Crippen LogP contribution is -3.00. The van der Waals surface area contributed by atoms with E-state index < -0.39 is 0 Å². The molecule has 0 aromatic rings. The average Bonchev–Trinajstić information content (AvgIpc) is 1.37. The Morgan fingerprint density at radius 2 is 2.00 bits per heavy atom. The lowest BCUT2D eigenvalue weighted by atomic mass is 11.0. The highest BCUT2D eigenvalue weighted by atomic mass is 35.7. The van der Waals surface area contributed by atoms with Gasteiger partial charge in [0.25, 0.3) is 0 Å². The second-order valence-corrected chi connectivity index (χ2v) is 2.02. The molecule has 0 aliphatic carbocycles. The zero-order chi connectivity index (χ0) is 3.41. The third-order valence-electron chi connectivity index (χ3n) is 0.120. The van der Waals surface area contributed by atoms with Crippen molar-refractivity contribution in [1.29, 1.82) is 0 Å². The van der Waals surface area contributed by atoms with E-state index in [4.69, 9.17) is 10.7 Å². The molecule has 0 saturated heterocycles. The first-order valence-corrected chi connectivity index (χ1v) is 3.18. The summed E-state index contributed by atoms with van der Waals surface area (Å²) in [5.74, 6) is 1.06. The van der Waals surface area contributed by atoms with Gasteiger partial charge < -0.3 is 12.4 Å². The van der Waals surface area contributed by atoms with Gasteiger partial charge in [-0.25, -0.2) is 0 Å². The highest BCUT2D eigenvalue weighted by molar-refractivity contribution is 8.02. The molecule has 0 aliphatic heterocycles. The van der Waals surface area contributed by atoms with Crippen LogP contribution >= 0.6 is 10.7 Å². The molecular weight excluding hydrogens is 127 g/mol. The van der Waals surface area contributed by atoms with Crippen LogP contribution in [0.25, 0.3) is 0 Å². The molecule has 0 nitrogen and oxygen atoms in total. The first-order chi connectivity index (χ1) is 1.91. The van der Waals surface area contributed by atoms with Gasteiger partial charge in [-0.2, -0.15) is 0 Å². The second kappa shape index (κ2) is 8.87. The van der Waals surface area contributed by atoms with Crippen molar-refractivity contribution in [2.75, 3.05) is 5.75 Å². The first kappa shape index (κ1) is 9.33. The number of halogens is 2. The molecule has 0 saturated carbocycles. The molecule has 0 aromatic carbocycles. The molecule has 3 heteroatoms. The average molecular weight is 133 g/mol. The minimum Gasteiger partial charge on any atom is -1.00 e. The van der Waals surface area contributed by atoms with Crippen molar-refractivity contribution in [3.63, 3.8) is 0 Å². The largest absolute Gasteiger partial charge is 1.00 e. The fraction of sp³-hybridized carbons (Fsp3) is 1.00. The van der Waals surface area contributed by atoms with E-state index >= 15 is 0 Å². The molecule has 0 unspecified atom stereocenters. The lowest BCUT2D eigenvalue weighted by molar-refractivity contribution is -0.000000772. The fourth-order valence-corrected chi connectivity index (χ4v) is 0. The maximum Gasteiger partial charge on any atom is 0.173 e. The van der Waals surface area contributed by atoms with Crippen LogP contribution in [0.15, 0.2) is 0 Å². The van der Waals surface area contributed by atoms with Crippen molar-refractivity contribution in [2.24, 2.45) is 0 Å². The Morgan fingerprint density at radius 1 is 1.80 bits per heavy atom. The van der Waals surface area contributed by atoms with E-state index in [-0.39, 0.29) is 12.4 Å². The SMILES string of the molecule is CC[SH+]Cl.[Cl-]. The number of rotatable bonds is 1. The van der Waals surface area contributed by atoms with Crippen LogP contribution in [0.4, 0.5) is 0 Å². The topological polar surface area (TPSA) is 0 Å². The normalized spacial score (nSPS) is 6.00. The van der Waals surface area contributed by atoms with E-state index in [0.29, 0.717) is 0 Å².